The number of aryl methyl sites for hydroxylation is 1. The predicted octanol–water partition coefficient (Wildman–Crippen LogP) is -2.35. The molecule has 1 unspecified atom stereocenters. The lowest BCUT2D eigenvalue weighted by atomic mass is 9.76. The molecule has 8 atom stereocenters. The number of nitrogens with zero attached hydrogens (tertiary/aromatic N) is 3. The van der Waals surface area contributed by atoms with Crippen LogP contribution in [0.2, 0.25) is 0 Å². The number of aliphatic imine (C=N–C) groups is 2. The Balaban J connectivity index is 1.45. The predicted molar refractivity (Wildman–Crippen MR) is 316 cm³/mol. The van der Waals surface area contributed by atoms with E-state index in [4.69, 9.17) is 34.4 Å². The highest BCUT2D eigenvalue weighted by molar-refractivity contribution is 6.00. The smallest absolute Gasteiger partial charge is 0.246 e. The monoisotopic (exact) mass is 1180 g/mol. The number of nitrogens with two attached hydrogens (primary N) is 6. The van der Waals surface area contributed by atoms with E-state index >= 15 is 14.4 Å². The van der Waals surface area contributed by atoms with Crippen LogP contribution in [-0.2, 0) is 73.6 Å². The Morgan fingerprint density at radius 2 is 1.16 bits per heavy atom. The third-order valence-corrected chi connectivity index (χ3v) is 14.6. The summed E-state index contributed by atoms with van der Waals surface area (Å²) in [5, 5.41) is 29.2. The number of phenolic OH excluding ortho intramolecular Hbond substituents is 1. The van der Waals surface area contributed by atoms with Crippen molar-refractivity contribution in [3.05, 3.63) is 101 Å². The molecule has 3 aromatic rings. The fourth-order valence-electron chi connectivity index (χ4n) is 10.3. The number of primary amides is 2. The second-order valence-corrected chi connectivity index (χ2v) is 21.9. The highest BCUT2D eigenvalue weighted by atomic mass is 16.3. The molecule has 0 bridgehead atoms. The largest absolute Gasteiger partial charge is 0.508 e. The zero-order valence-corrected chi connectivity index (χ0v) is 48.3. The van der Waals surface area contributed by atoms with Crippen molar-refractivity contribution in [2.24, 2.45) is 50.3 Å². The lowest BCUT2D eigenvalue weighted by molar-refractivity contribution is -0.144. The van der Waals surface area contributed by atoms with E-state index in [1.165, 1.54) is 24.0 Å². The number of hydrogen-bond donors (Lipinski definition) is 14. The number of guanidine groups is 2. The summed E-state index contributed by atoms with van der Waals surface area (Å²) in [5.41, 5.74) is 34.2. The summed E-state index contributed by atoms with van der Waals surface area (Å²) in [6.07, 6.45) is 0.493. The SMILES string of the molecule is CC(=O)N[C@@H](Cc1ccc(O)cc1)C(=O)N[C@@H](Cc1ccccc1)C(=O)N[C@@H](CC(C)C)C(=O)NC1(C(=O)N[C@@H](CCCN=C(N)N)C(=O)N2CCC[C@H]2C(=O)N[C@@H](CCCN=C(N)N)C(=O)N[C@@H](CC(N)=O)C(N)=O)CCc2ccccc2C1. The first kappa shape index (κ1) is 66.5. The lowest BCUT2D eigenvalue weighted by Gasteiger charge is -2.40. The Labute approximate surface area is 493 Å². The van der Waals surface area contributed by atoms with Crippen molar-refractivity contribution in [2.75, 3.05) is 19.6 Å². The number of fused-ring (bicyclic) bond motifs is 1. The molecular formula is C58H82N16O11. The molecule has 5 rings (SSSR count). The zero-order valence-electron chi connectivity index (χ0n) is 48.3. The zero-order chi connectivity index (χ0) is 62.4. The van der Waals surface area contributed by atoms with Crippen LogP contribution in [0.5, 0.6) is 5.75 Å². The standard InChI is InChI=1S/C58H82N16O11/c1-33(2)28-43(70-51(81)45(29-35-12-5-4-6-13-35)71-50(80)44(67-34(3)75)30-36-19-21-39(76)22-20-36)52(82)73-58(24-23-37-14-7-8-15-38(37)32-58)55(85)72-41(17-10-26-66-57(63)64)54(84)74-27-11-18-46(74)53(83)68-40(16-9-25-65-56(61)62)49(79)69-42(48(60)78)31-47(59)77/h4-8,12-15,19-22,33,40-46,76H,9-11,16-18,23-32H2,1-3H3,(H2,59,77)(H2,60,78)(H,67,75)(H,68,83)(H,69,79)(H,70,81)(H,71,80)(H,72,85)(H,73,82)(H4,61,62,65)(H4,63,64,66)/t40-,41-,42-,43-,44-,45-,46-,58?/m0/s1. The molecule has 1 aliphatic heterocycles. The van der Waals surface area contributed by atoms with Crippen LogP contribution in [-0.4, -0.2) is 148 Å². The van der Waals surface area contributed by atoms with Crippen molar-refractivity contribution in [1.29, 1.82) is 0 Å². The van der Waals surface area contributed by atoms with Gasteiger partial charge in [-0.05, 0) is 98.1 Å². The minimum absolute atomic E-state index is 0.00478. The van der Waals surface area contributed by atoms with Gasteiger partial charge >= 0.3 is 0 Å². The van der Waals surface area contributed by atoms with Gasteiger partial charge < -0.3 is 81.6 Å². The van der Waals surface area contributed by atoms with Gasteiger partial charge in [0, 0.05) is 45.8 Å². The van der Waals surface area contributed by atoms with Crippen LogP contribution in [0.1, 0.15) is 101 Å². The maximum Gasteiger partial charge on any atom is 0.246 e. The molecule has 2 aliphatic rings. The summed E-state index contributed by atoms with van der Waals surface area (Å²) in [4.78, 5) is 148. The van der Waals surface area contributed by atoms with E-state index in [-0.39, 0.29) is 107 Å². The number of likely N-dealkylation sites (tertiary alicyclic amines) is 1. The van der Waals surface area contributed by atoms with Gasteiger partial charge in [-0.25, -0.2) is 0 Å². The van der Waals surface area contributed by atoms with Crippen molar-refractivity contribution < 1.29 is 53.1 Å². The molecule has 10 amide bonds. The fraction of sp³-hybridized carbons (Fsp3) is 0.483. The molecule has 27 heteroatoms. The van der Waals surface area contributed by atoms with Crippen LogP contribution in [0.4, 0.5) is 0 Å². The molecule has 1 fully saturated rings. The van der Waals surface area contributed by atoms with Gasteiger partial charge in [0.1, 0.15) is 53.6 Å². The number of carbonyl (C=O) groups excluding carboxylic acids is 10. The molecule has 0 spiro atoms. The first-order chi connectivity index (χ1) is 40.3. The summed E-state index contributed by atoms with van der Waals surface area (Å²) in [6.45, 7) is 5.11. The first-order valence-electron chi connectivity index (χ1n) is 28.3. The number of rotatable bonds is 31. The van der Waals surface area contributed by atoms with E-state index in [0.29, 0.717) is 24.0 Å². The van der Waals surface area contributed by atoms with Gasteiger partial charge in [-0.15, -0.1) is 0 Å². The van der Waals surface area contributed by atoms with Crippen LogP contribution in [0.25, 0.3) is 0 Å². The van der Waals surface area contributed by atoms with Gasteiger partial charge in [-0.3, -0.25) is 57.9 Å². The highest BCUT2D eigenvalue weighted by Crippen LogP contribution is 2.31. The lowest BCUT2D eigenvalue weighted by Crippen LogP contribution is -2.67. The molecule has 0 radical (unpaired) electrons. The van der Waals surface area contributed by atoms with E-state index in [1.54, 1.807) is 48.5 Å². The van der Waals surface area contributed by atoms with Crippen LogP contribution < -0.4 is 71.6 Å². The maximum absolute atomic E-state index is 15.4. The fourth-order valence-corrected chi connectivity index (χ4v) is 10.3. The van der Waals surface area contributed by atoms with Gasteiger partial charge in [0.05, 0.1) is 6.42 Å². The molecule has 3 aromatic carbocycles. The van der Waals surface area contributed by atoms with Gasteiger partial charge in [-0.1, -0.05) is 80.6 Å². The molecule has 1 heterocycles. The third kappa shape index (κ3) is 20.8. The molecule has 460 valence electrons. The molecule has 0 aromatic heterocycles. The summed E-state index contributed by atoms with van der Waals surface area (Å²) >= 11 is 0. The highest BCUT2D eigenvalue weighted by Gasteiger charge is 2.47. The van der Waals surface area contributed by atoms with E-state index < -0.39 is 113 Å². The van der Waals surface area contributed by atoms with Gasteiger partial charge in [0.2, 0.25) is 59.1 Å². The number of nitrogens with one attached hydrogen (secondary N) is 7. The Morgan fingerprint density at radius 3 is 1.74 bits per heavy atom. The number of benzene rings is 3. The van der Waals surface area contributed by atoms with E-state index in [1.807, 2.05) is 32.0 Å². The average Bonchev–Trinajstić information content (AvgIpc) is 2.14. The van der Waals surface area contributed by atoms with Crippen molar-refractivity contribution >= 4 is 71.0 Å². The summed E-state index contributed by atoms with van der Waals surface area (Å²) in [6, 6.07) is 13.3. The molecule has 27 nitrogen and oxygen atoms in total. The van der Waals surface area contributed by atoms with Crippen LogP contribution >= 0.6 is 0 Å². The summed E-state index contributed by atoms with van der Waals surface area (Å²) in [7, 11) is 0. The number of carbonyl (C=O) groups is 10. The van der Waals surface area contributed by atoms with E-state index in [9.17, 15) is 38.7 Å². The molecular weight excluding hydrogens is 1100 g/mol. The molecule has 1 saturated heterocycles. The van der Waals surface area contributed by atoms with Crippen molar-refractivity contribution in [2.45, 2.75) is 152 Å². The molecule has 20 N–H and O–H groups in total. The quantitative estimate of drug-likeness (QED) is 0.0182. The molecule has 0 saturated carbocycles. The Bertz CT molecular complexity index is 2920. The van der Waals surface area contributed by atoms with Gasteiger partial charge in [-0.2, -0.15) is 0 Å². The summed E-state index contributed by atoms with van der Waals surface area (Å²) < 4.78 is 0. The second-order valence-electron chi connectivity index (χ2n) is 21.9. The molecule has 1 aliphatic carbocycles. The van der Waals surface area contributed by atoms with Gasteiger partial charge in [0.25, 0.3) is 0 Å². The number of amides is 10. The third-order valence-electron chi connectivity index (χ3n) is 14.6. The minimum atomic E-state index is -1.74. The van der Waals surface area contributed by atoms with Gasteiger partial charge in [0.15, 0.2) is 11.9 Å². The normalized spacial score (nSPS) is 17.4. The van der Waals surface area contributed by atoms with E-state index in [0.717, 1.165) is 11.1 Å². The van der Waals surface area contributed by atoms with Crippen LogP contribution in [0.3, 0.4) is 0 Å². The number of phenols is 1. The van der Waals surface area contributed by atoms with Crippen molar-refractivity contribution in [3.63, 3.8) is 0 Å². The minimum Gasteiger partial charge on any atom is -0.508 e. The van der Waals surface area contributed by atoms with Crippen LogP contribution in [0, 0.1) is 5.92 Å². The molecule has 85 heavy (non-hydrogen) atoms. The van der Waals surface area contributed by atoms with Crippen molar-refractivity contribution in [3.8, 4) is 5.75 Å². The number of aromatic hydroxyl groups is 1. The Hall–Kier alpha value is -9.30. The Morgan fingerprint density at radius 1 is 0.624 bits per heavy atom. The average molecular weight is 1180 g/mol. The maximum atomic E-state index is 15.4. The van der Waals surface area contributed by atoms with Crippen molar-refractivity contribution in [1.82, 2.24) is 42.1 Å². The first-order valence-corrected chi connectivity index (χ1v) is 28.3. The second kappa shape index (κ2) is 31.9. The topological polar surface area (TPSA) is 459 Å². The summed E-state index contributed by atoms with van der Waals surface area (Å²) in [5.74, 6) is -8.30. The van der Waals surface area contributed by atoms with E-state index in [2.05, 4.69) is 47.2 Å². The number of hydrogen-bond acceptors (Lipinski definition) is 13. The Kier molecular flexibility index (Phi) is 25.0. The van der Waals surface area contributed by atoms with Crippen LogP contribution in [0.15, 0.2) is 88.8 Å².